The minimum absolute atomic E-state index is 0.723. The molecule has 3 rings (SSSR count). The van der Waals surface area contributed by atoms with Gasteiger partial charge in [0.25, 0.3) is 0 Å². The smallest absolute Gasteiger partial charge is 0.124 e. The first-order valence-corrected chi connectivity index (χ1v) is 10.2. The van der Waals surface area contributed by atoms with Crippen molar-refractivity contribution in [2.45, 2.75) is 19.4 Å². The van der Waals surface area contributed by atoms with Crippen molar-refractivity contribution in [3.8, 4) is 11.5 Å². The number of hydrogen-bond donors (Lipinski definition) is 1. The van der Waals surface area contributed by atoms with E-state index >= 15 is 0 Å². The van der Waals surface area contributed by atoms with Gasteiger partial charge in [-0.1, -0.05) is 30.3 Å². The summed E-state index contributed by atoms with van der Waals surface area (Å²) < 4.78 is 16.9. The highest BCUT2D eigenvalue weighted by Crippen LogP contribution is 2.24. The van der Waals surface area contributed by atoms with Gasteiger partial charge in [0, 0.05) is 31.7 Å². The second-order valence-electron chi connectivity index (χ2n) is 7.04. The molecule has 1 heterocycles. The molecule has 1 aliphatic rings. The average molecular weight is 385 g/mol. The Morgan fingerprint density at radius 3 is 2.68 bits per heavy atom. The van der Waals surface area contributed by atoms with Gasteiger partial charge in [0.2, 0.25) is 0 Å². The standard InChI is InChI=1S/C23H32N2O3/c1-26-22-8-9-23(28-15-5-12-25-13-16-27-17-14-25)21(18-22)19-24-11-10-20-6-3-2-4-7-20/h2-4,6-9,18,24H,5,10-17,19H2,1H3. The van der Waals surface area contributed by atoms with Crippen LogP contribution in [0.1, 0.15) is 17.5 Å². The quantitative estimate of drug-likeness (QED) is 0.603. The minimum atomic E-state index is 0.723. The van der Waals surface area contributed by atoms with Crippen LogP contribution in [0.25, 0.3) is 0 Å². The van der Waals surface area contributed by atoms with Crippen LogP contribution in [0.4, 0.5) is 0 Å². The number of nitrogens with zero attached hydrogens (tertiary/aromatic N) is 1. The molecule has 0 bridgehead atoms. The third kappa shape index (κ3) is 6.82. The van der Waals surface area contributed by atoms with Crippen LogP contribution in [0, 0.1) is 0 Å². The van der Waals surface area contributed by atoms with Gasteiger partial charge < -0.3 is 19.5 Å². The van der Waals surface area contributed by atoms with E-state index in [0.29, 0.717) is 0 Å². The Kier molecular flexibility index (Phi) is 8.62. The molecule has 5 heteroatoms. The van der Waals surface area contributed by atoms with Crippen LogP contribution < -0.4 is 14.8 Å². The van der Waals surface area contributed by atoms with Crippen LogP contribution in [0.2, 0.25) is 0 Å². The van der Waals surface area contributed by atoms with Crippen molar-refractivity contribution in [2.75, 3.05) is 53.1 Å². The molecular weight excluding hydrogens is 352 g/mol. The molecule has 0 amide bonds. The van der Waals surface area contributed by atoms with Crippen LogP contribution in [0.15, 0.2) is 48.5 Å². The Morgan fingerprint density at radius 2 is 1.89 bits per heavy atom. The molecule has 0 aromatic heterocycles. The minimum Gasteiger partial charge on any atom is -0.497 e. The van der Waals surface area contributed by atoms with Crippen molar-refractivity contribution in [1.29, 1.82) is 0 Å². The van der Waals surface area contributed by atoms with E-state index in [1.165, 1.54) is 5.56 Å². The Balaban J connectivity index is 1.45. The molecule has 0 saturated carbocycles. The fourth-order valence-corrected chi connectivity index (χ4v) is 3.36. The maximum Gasteiger partial charge on any atom is 0.124 e. The first kappa shape index (κ1) is 20.6. The van der Waals surface area contributed by atoms with Gasteiger partial charge in [0.15, 0.2) is 0 Å². The number of ether oxygens (including phenoxy) is 3. The van der Waals surface area contributed by atoms with E-state index in [0.717, 1.165) is 82.4 Å². The highest BCUT2D eigenvalue weighted by Gasteiger charge is 2.10. The Hall–Kier alpha value is -2.08. The Morgan fingerprint density at radius 1 is 1.07 bits per heavy atom. The largest absolute Gasteiger partial charge is 0.497 e. The maximum absolute atomic E-state index is 6.09. The van der Waals surface area contributed by atoms with Crippen molar-refractivity contribution in [3.05, 3.63) is 59.7 Å². The lowest BCUT2D eigenvalue weighted by atomic mass is 10.1. The summed E-state index contributed by atoms with van der Waals surface area (Å²) in [5, 5.41) is 3.53. The number of methoxy groups -OCH3 is 1. The molecule has 1 N–H and O–H groups in total. The number of rotatable bonds is 11. The van der Waals surface area contributed by atoms with Crippen LogP contribution in [0.3, 0.4) is 0 Å². The fraction of sp³-hybridized carbons (Fsp3) is 0.478. The summed E-state index contributed by atoms with van der Waals surface area (Å²) in [5.41, 5.74) is 2.49. The van der Waals surface area contributed by atoms with E-state index in [4.69, 9.17) is 14.2 Å². The van der Waals surface area contributed by atoms with Gasteiger partial charge in [-0.05, 0) is 43.1 Å². The van der Waals surface area contributed by atoms with E-state index in [-0.39, 0.29) is 0 Å². The zero-order valence-electron chi connectivity index (χ0n) is 16.9. The highest BCUT2D eigenvalue weighted by molar-refractivity contribution is 5.40. The SMILES string of the molecule is COc1ccc(OCCCN2CCOCC2)c(CNCCc2ccccc2)c1. The molecule has 2 aromatic carbocycles. The summed E-state index contributed by atoms with van der Waals surface area (Å²) in [5.74, 6) is 1.80. The van der Waals surface area contributed by atoms with Crippen molar-refractivity contribution in [1.82, 2.24) is 10.2 Å². The fourth-order valence-electron chi connectivity index (χ4n) is 3.36. The Bertz CT molecular complexity index is 688. The van der Waals surface area contributed by atoms with Gasteiger partial charge in [-0.3, -0.25) is 4.90 Å². The van der Waals surface area contributed by atoms with Crippen LogP contribution in [-0.4, -0.2) is 58.0 Å². The summed E-state index contributed by atoms with van der Waals surface area (Å²) in [6.45, 7) is 7.22. The zero-order chi connectivity index (χ0) is 19.4. The Labute approximate surface area is 168 Å². The van der Waals surface area contributed by atoms with Crippen molar-refractivity contribution in [2.24, 2.45) is 0 Å². The summed E-state index contributed by atoms with van der Waals surface area (Å²) in [4.78, 5) is 2.44. The summed E-state index contributed by atoms with van der Waals surface area (Å²) in [6, 6.07) is 16.6. The van der Waals surface area contributed by atoms with Gasteiger partial charge in [-0.2, -0.15) is 0 Å². The van der Waals surface area contributed by atoms with E-state index in [1.54, 1.807) is 7.11 Å². The predicted molar refractivity (Wildman–Crippen MR) is 112 cm³/mol. The molecule has 1 fully saturated rings. The normalized spacial score (nSPS) is 14.8. The van der Waals surface area contributed by atoms with Crippen LogP contribution in [-0.2, 0) is 17.7 Å². The van der Waals surface area contributed by atoms with Gasteiger partial charge in [-0.25, -0.2) is 0 Å². The summed E-state index contributed by atoms with van der Waals surface area (Å²) >= 11 is 0. The number of hydrogen-bond acceptors (Lipinski definition) is 5. The first-order chi connectivity index (χ1) is 13.8. The number of morpholine rings is 1. The topological polar surface area (TPSA) is 43.0 Å². The predicted octanol–water partition coefficient (Wildman–Crippen LogP) is 3.13. The molecule has 152 valence electrons. The molecule has 0 spiro atoms. The molecule has 5 nitrogen and oxygen atoms in total. The molecule has 28 heavy (non-hydrogen) atoms. The molecule has 0 radical (unpaired) electrons. The van der Waals surface area contributed by atoms with Gasteiger partial charge in [0.1, 0.15) is 11.5 Å². The molecule has 2 aromatic rings. The molecular formula is C23H32N2O3. The number of benzene rings is 2. The second kappa shape index (κ2) is 11.7. The van der Waals surface area contributed by atoms with E-state index < -0.39 is 0 Å². The third-order valence-electron chi connectivity index (χ3n) is 5.00. The third-order valence-corrected chi connectivity index (χ3v) is 5.00. The van der Waals surface area contributed by atoms with Gasteiger partial charge in [0.05, 0.1) is 26.9 Å². The van der Waals surface area contributed by atoms with Crippen LogP contribution in [0.5, 0.6) is 11.5 Å². The molecule has 1 saturated heterocycles. The zero-order valence-corrected chi connectivity index (χ0v) is 16.9. The van der Waals surface area contributed by atoms with Crippen molar-refractivity contribution >= 4 is 0 Å². The van der Waals surface area contributed by atoms with Gasteiger partial charge >= 0.3 is 0 Å². The van der Waals surface area contributed by atoms with E-state index in [1.807, 2.05) is 12.1 Å². The van der Waals surface area contributed by atoms with Crippen LogP contribution >= 0.6 is 0 Å². The maximum atomic E-state index is 6.09. The molecule has 0 atom stereocenters. The number of nitrogens with one attached hydrogen (secondary N) is 1. The lowest BCUT2D eigenvalue weighted by Gasteiger charge is -2.26. The van der Waals surface area contributed by atoms with E-state index in [2.05, 4.69) is 46.6 Å². The van der Waals surface area contributed by atoms with Crippen molar-refractivity contribution in [3.63, 3.8) is 0 Å². The summed E-state index contributed by atoms with van der Waals surface area (Å²) in [7, 11) is 1.70. The van der Waals surface area contributed by atoms with Gasteiger partial charge in [-0.15, -0.1) is 0 Å². The second-order valence-corrected chi connectivity index (χ2v) is 7.04. The molecule has 0 unspecified atom stereocenters. The average Bonchev–Trinajstić information content (AvgIpc) is 2.76. The molecule has 1 aliphatic heterocycles. The lowest BCUT2D eigenvalue weighted by molar-refractivity contribution is 0.0358. The lowest BCUT2D eigenvalue weighted by Crippen LogP contribution is -2.37. The van der Waals surface area contributed by atoms with Crippen molar-refractivity contribution < 1.29 is 14.2 Å². The first-order valence-electron chi connectivity index (χ1n) is 10.2. The monoisotopic (exact) mass is 384 g/mol. The highest BCUT2D eigenvalue weighted by atomic mass is 16.5. The molecule has 0 aliphatic carbocycles. The van der Waals surface area contributed by atoms with E-state index in [9.17, 15) is 0 Å². The summed E-state index contributed by atoms with van der Waals surface area (Å²) in [6.07, 6.45) is 2.04.